The number of rotatable bonds is 4. The fraction of sp³-hybridized carbons (Fsp3) is 0.294. The highest BCUT2D eigenvalue weighted by Gasteiger charge is 2.12. The summed E-state index contributed by atoms with van der Waals surface area (Å²) in [6.45, 7) is 5.68. The first-order valence-electron chi connectivity index (χ1n) is 7.18. The minimum Gasteiger partial charge on any atom is -0.320 e. The van der Waals surface area contributed by atoms with Gasteiger partial charge in [0.25, 0.3) is 5.91 Å². The predicted octanol–water partition coefficient (Wildman–Crippen LogP) is 2.80. The zero-order valence-electron chi connectivity index (χ0n) is 13.7. The van der Waals surface area contributed by atoms with Gasteiger partial charge in [-0.05, 0) is 50.1 Å². The molecule has 2 aromatic rings. The molecule has 5 nitrogen and oxygen atoms in total. The summed E-state index contributed by atoms with van der Waals surface area (Å²) >= 11 is 0. The van der Waals surface area contributed by atoms with Crippen LogP contribution >= 0.6 is 0 Å². The summed E-state index contributed by atoms with van der Waals surface area (Å²) in [4.78, 5) is 16.7. The van der Waals surface area contributed by atoms with Crippen molar-refractivity contribution in [1.29, 1.82) is 0 Å². The van der Waals surface area contributed by atoms with E-state index in [1.165, 1.54) is 6.26 Å². The van der Waals surface area contributed by atoms with E-state index in [2.05, 4.69) is 10.3 Å². The van der Waals surface area contributed by atoms with Crippen LogP contribution in [-0.2, 0) is 15.6 Å². The lowest BCUT2D eigenvalue weighted by Crippen LogP contribution is -2.14. The van der Waals surface area contributed by atoms with E-state index in [1.807, 2.05) is 26.8 Å². The van der Waals surface area contributed by atoms with E-state index in [4.69, 9.17) is 0 Å². The molecule has 0 bridgehead atoms. The molecular weight excluding hydrogens is 312 g/mol. The molecule has 6 heteroatoms. The Morgan fingerprint density at radius 2 is 1.74 bits per heavy atom. The van der Waals surface area contributed by atoms with Crippen LogP contribution in [0.2, 0.25) is 0 Å². The second-order valence-electron chi connectivity index (χ2n) is 5.76. The van der Waals surface area contributed by atoms with Crippen LogP contribution in [-0.4, -0.2) is 25.6 Å². The third-order valence-corrected chi connectivity index (χ3v) is 4.27. The summed E-state index contributed by atoms with van der Waals surface area (Å²) in [5.74, 6) is -0.276. The maximum Gasteiger partial charge on any atom is 0.255 e. The number of nitrogens with zero attached hydrogens (tertiary/aromatic N) is 1. The number of sulfone groups is 1. The third-order valence-electron chi connectivity index (χ3n) is 3.41. The topological polar surface area (TPSA) is 76.1 Å². The van der Waals surface area contributed by atoms with Crippen LogP contribution < -0.4 is 5.32 Å². The minimum atomic E-state index is -3.08. The van der Waals surface area contributed by atoms with Gasteiger partial charge in [-0.3, -0.25) is 9.78 Å². The summed E-state index contributed by atoms with van der Waals surface area (Å²) in [7, 11) is -3.08. The van der Waals surface area contributed by atoms with Gasteiger partial charge in [0.05, 0.1) is 17.1 Å². The smallest absolute Gasteiger partial charge is 0.255 e. The molecule has 0 unspecified atom stereocenters. The van der Waals surface area contributed by atoms with E-state index in [-0.39, 0.29) is 11.7 Å². The Morgan fingerprint density at radius 3 is 2.26 bits per heavy atom. The molecule has 0 saturated carbocycles. The minimum absolute atomic E-state index is 0.0327. The molecule has 2 rings (SSSR count). The van der Waals surface area contributed by atoms with Crippen LogP contribution in [0, 0.1) is 20.8 Å². The molecule has 1 aromatic heterocycles. The Hall–Kier alpha value is -2.21. The molecule has 1 amide bonds. The highest BCUT2D eigenvalue weighted by atomic mass is 32.2. The highest BCUT2D eigenvalue weighted by molar-refractivity contribution is 7.89. The Kier molecular flexibility index (Phi) is 4.85. The maximum atomic E-state index is 12.3. The quantitative estimate of drug-likeness (QED) is 0.934. The first-order chi connectivity index (χ1) is 10.7. The second-order valence-corrected chi connectivity index (χ2v) is 7.90. The van der Waals surface area contributed by atoms with Crippen LogP contribution in [0.4, 0.5) is 5.69 Å². The van der Waals surface area contributed by atoms with Crippen molar-refractivity contribution >= 4 is 21.4 Å². The van der Waals surface area contributed by atoms with Crippen LogP contribution in [0.5, 0.6) is 0 Å². The number of hydrogen-bond acceptors (Lipinski definition) is 4. The molecule has 0 atom stereocenters. The fourth-order valence-electron chi connectivity index (χ4n) is 2.45. The van der Waals surface area contributed by atoms with Crippen LogP contribution in [0.3, 0.4) is 0 Å². The maximum absolute atomic E-state index is 12.3. The first kappa shape index (κ1) is 17.1. The Morgan fingerprint density at radius 1 is 1.13 bits per heavy atom. The molecule has 1 N–H and O–H groups in total. The first-order valence-corrected chi connectivity index (χ1v) is 9.24. The van der Waals surface area contributed by atoms with E-state index >= 15 is 0 Å². The average molecular weight is 332 g/mol. The van der Waals surface area contributed by atoms with Crippen LogP contribution in [0.25, 0.3) is 0 Å². The summed E-state index contributed by atoms with van der Waals surface area (Å²) in [6, 6.07) is 8.48. The largest absolute Gasteiger partial charge is 0.320 e. The molecule has 1 aromatic carbocycles. The predicted molar refractivity (Wildman–Crippen MR) is 91.4 cm³/mol. The van der Waals surface area contributed by atoms with Gasteiger partial charge < -0.3 is 5.32 Å². The third kappa shape index (κ3) is 4.63. The molecule has 0 aliphatic carbocycles. The van der Waals surface area contributed by atoms with Crippen LogP contribution in [0.15, 0.2) is 30.3 Å². The molecule has 0 aliphatic rings. The summed E-state index contributed by atoms with van der Waals surface area (Å²) in [6.07, 6.45) is 1.18. The van der Waals surface area contributed by atoms with Gasteiger partial charge in [-0.25, -0.2) is 8.42 Å². The van der Waals surface area contributed by atoms with E-state index in [0.717, 1.165) is 17.0 Å². The van der Waals surface area contributed by atoms with E-state index in [1.54, 1.807) is 24.3 Å². The van der Waals surface area contributed by atoms with Crippen molar-refractivity contribution in [1.82, 2.24) is 4.98 Å². The Balaban J connectivity index is 2.19. The number of carbonyl (C=O) groups is 1. The lowest BCUT2D eigenvalue weighted by molar-refractivity contribution is 0.102. The van der Waals surface area contributed by atoms with Crippen molar-refractivity contribution in [3.05, 3.63) is 58.4 Å². The Bertz CT molecular complexity index is 818. The van der Waals surface area contributed by atoms with Gasteiger partial charge in [0.2, 0.25) is 0 Å². The number of pyridine rings is 1. The van der Waals surface area contributed by atoms with Crippen molar-refractivity contribution in [2.24, 2.45) is 0 Å². The van der Waals surface area contributed by atoms with E-state index < -0.39 is 9.84 Å². The highest BCUT2D eigenvalue weighted by Crippen LogP contribution is 2.20. The number of hydrogen-bond donors (Lipinski definition) is 1. The standard InChI is InChI=1S/C17H20N2O3S/c1-11-9-12(2)18-13(3)16(11)19-17(20)15-7-5-14(6-8-15)10-23(4,21)22/h5-9H,10H2,1-4H3,(H,19,20). The number of carbonyl (C=O) groups excluding carboxylic acids is 1. The monoisotopic (exact) mass is 332 g/mol. The summed E-state index contributed by atoms with van der Waals surface area (Å²) in [5.41, 5.74) is 4.47. The normalized spacial score (nSPS) is 11.3. The van der Waals surface area contributed by atoms with Gasteiger partial charge >= 0.3 is 0 Å². The molecule has 0 saturated heterocycles. The molecule has 23 heavy (non-hydrogen) atoms. The molecule has 1 heterocycles. The van der Waals surface area contributed by atoms with Gasteiger partial charge in [-0.1, -0.05) is 12.1 Å². The molecular formula is C17H20N2O3S. The number of amides is 1. The SMILES string of the molecule is Cc1cc(C)c(NC(=O)c2ccc(CS(C)(=O)=O)cc2)c(C)n1. The fourth-order valence-corrected chi connectivity index (χ4v) is 3.25. The second kappa shape index (κ2) is 6.50. The molecule has 0 radical (unpaired) electrons. The summed E-state index contributed by atoms with van der Waals surface area (Å²) in [5, 5.41) is 2.87. The Labute approximate surface area is 136 Å². The lowest BCUT2D eigenvalue weighted by Gasteiger charge is -2.12. The number of benzene rings is 1. The van der Waals surface area contributed by atoms with Gasteiger partial charge in [-0.15, -0.1) is 0 Å². The molecule has 122 valence electrons. The average Bonchev–Trinajstić information content (AvgIpc) is 2.41. The van der Waals surface area contributed by atoms with Crippen molar-refractivity contribution in [3.8, 4) is 0 Å². The number of nitrogens with one attached hydrogen (secondary N) is 1. The van der Waals surface area contributed by atoms with Crippen molar-refractivity contribution in [2.75, 3.05) is 11.6 Å². The molecule has 0 aliphatic heterocycles. The number of aryl methyl sites for hydroxylation is 3. The zero-order valence-corrected chi connectivity index (χ0v) is 14.5. The molecule has 0 spiro atoms. The van der Waals surface area contributed by atoms with Crippen LogP contribution in [0.1, 0.15) is 32.9 Å². The van der Waals surface area contributed by atoms with Gasteiger partial charge in [0, 0.05) is 17.5 Å². The van der Waals surface area contributed by atoms with Crippen molar-refractivity contribution in [2.45, 2.75) is 26.5 Å². The van der Waals surface area contributed by atoms with Gasteiger partial charge in [-0.2, -0.15) is 0 Å². The van der Waals surface area contributed by atoms with E-state index in [9.17, 15) is 13.2 Å². The summed E-state index contributed by atoms with van der Waals surface area (Å²) < 4.78 is 22.6. The van der Waals surface area contributed by atoms with E-state index in [0.29, 0.717) is 16.8 Å². The number of anilines is 1. The lowest BCUT2D eigenvalue weighted by atomic mass is 10.1. The zero-order chi connectivity index (χ0) is 17.2. The van der Waals surface area contributed by atoms with Crippen molar-refractivity contribution < 1.29 is 13.2 Å². The number of aromatic nitrogens is 1. The molecule has 0 fully saturated rings. The van der Waals surface area contributed by atoms with Gasteiger partial charge in [0.15, 0.2) is 9.84 Å². The van der Waals surface area contributed by atoms with Gasteiger partial charge in [0.1, 0.15) is 0 Å². The van der Waals surface area contributed by atoms with Crippen molar-refractivity contribution in [3.63, 3.8) is 0 Å².